The summed E-state index contributed by atoms with van der Waals surface area (Å²) < 4.78 is 18.6. The predicted octanol–water partition coefficient (Wildman–Crippen LogP) is 3.01. The highest BCUT2D eigenvalue weighted by Crippen LogP contribution is 2.31. The Morgan fingerprint density at radius 1 is 1.09 bits per heavy atom. The van der Waals surface area contributed by atoms with Crippen molar-refractivity contribution in [3.05, 3.63) is 64.9 Å². The van der Waals surface area contributed by atoms with E-state index in [1.54, 1.807) is 19.1 Å². The van der Waals surface area contributed by atoms with Crippen molar-refractivity contribution >= 4 is 35.1 Å². The molecule has 0 bridgehead atoms. The summed E-state index contributed by atoms with van der Waals surface area (Å²) in [5.74, 6) is -2.22. The van der Waals surface area contributed by atoms with Gasteiger partial charge in [-0.2, -0.15) is 0 Å². The molecule has 0 unspecified atom stereocenters. The molecule has 32 heavy (non-hydrogen) atoms. The maximum atomic E-state index is 13.4. The number of esters is 1. The van der Waals surface area contributed by atoms with Gasteiger partial charge in [0.1, 0.15) is 11.9 Å². The van der Waals surface area contributed by atoms with Crippen molar-refractivity contribution in [2.45, 2.75) is 13.0 Å². The van der Waals surface area contributed by atoms with E-state index in [1.807, 2.05) is 29.2 Å². The third-order valence-corrected chi connectivity index (χ3v) is 5.87. The van der Waals surface area contributed by atoms with Gasteiger partial charge in [-0.3, -0.25) is 14.9 Å². The summed E-state index contributed by atoms with van der Waals surface area (Å²) >= 11 is 5.98. The van der Waals surface area contributed by atoms with E-state index in [2.05, 4.69) is 10.2 Å². The fourth-order valence-electron chi connectivity index (χ4n) is 3.95. The molecule has 0 saturated carbocycles. The SMILES string of the molecule is CCOC(=O)[C@@H]1C(=O)NC(N2CCN(c3ccc(Cl)cc3)CC2)=N[C@H]1c1ccc(F)cc1. The molecule has 2 heterocycles. The van der Waals surface area contributed by atoms with E-state index in [1.165, 1.54) is 12.1 Å². The van der Waals surface area contributed by atoms with E-state index in [0.29, 0.717) is 29.6 Å². The number of carbonyl (C=O) groups is 2. The number of halogens is 2. The van der Waals surface area contributed by atoms with Crippen molar-refractivity contribution in [3.8, 4) is 0 Å². The first kappa shape index (κ1) is 22.1. The first-order valence-corrected chi connectivity index (χ1v) is 10.9. The van der Waals surface area contributed by atoms with Gasteiger partial charge < -0.3 is 14.5 Å². The molecule has 1 amide bonds. The zero-order valence-corrected chi connectivity index (χ0v) is 18.4. The van der Waals surface area contributed by atoms with Crippen LogP contribution in [0.3, 0.4) is 0 Å². The van der Waals surface area contributed by atoms with E-state index in [4.69, 9.17) is 21.3 Å². The Labute approximate surface area is 190 Å². The van der Waals surface area contributed by atoms with Crippen LogP contribution < -0.4 is 10.2 Å². The minimum Gasteiger partial charge on any atom is -0.465 e. The van der Waals surface area contributed by atoms with E-state index in [9.17, 15) is 14.0 Å². The van der Waals surface area contributed by atoms with Gasteiger partial charge in [-0.05, 0) is 48.9 Å². The lowest BCUT2D eigenvalue weighted by Crippen LogP contribution is -2.57. The Balaban J connectivity index is 1.55. The quantitative estimate of drug-likeness (QED) is 0.563. The number of benzene rings is 2. The lowest BCUT2D eigenvalue weighted by atomic mass is 9.91. The maximum Gasteiger partial charge on any atom is 0.321 e. The van der Waals surface area contributed by atoms with Crippen LogP contribution in [0.1, 0.15) is 18.5 Å². The number of carbonyl (C=O) groups excluding carboxylic acids is 2. The van der Waals surface area contributed by atoms with E-state index < -0.39 is 29.7 Å². The van der Waals surface area contributed by atoms with Gasteiger partial charge >= 0.3 is 5.97 Å². The average molecular weight is 459 g/mol. The van der Waals surface area contributed by atoms with Crippen LogP contribution in [0, 0.1) is 11.7 Å². The number of nitrogens with zero attached hydrogens (tertiary/aromatic N) is 3. The van der Waals surface area contributed by atoms with Crippen molar-refractivity contribution in [1.29, 1.82) is 0 Å². The lowest BCUT2D eigenvalue weighted by Gasteiger charge is -2.39. The van der Waals surface area contributed by atoms with Gasteiger partial charge in [0.05, 0.1) is 6.61 Å². The van der Waals surface area contributed by atoms with Gasteiger partial charge in [0.2, 0.25) is 11.9 Å². The number of aliphatic imine (C=N–C) groups is 1. The normalized spacial score (nSPS) is 21.1. The van der Waals surface area contributed by atoms with Crippen LogP contribution in [-0.4, -0.2) is 55.5 Å². The third kappa shape index (κ3) is 4.70. The zero-order chi connectivity index (χ0) is 22.7. The Bertz CT molecular complexity index is 1000. The van der Waals surface area contributed by atoms with Crippen LogP contribution in [0.15, 0.2) is 53.5 Å². The molecule has 4 rings (SSSR count). The number of hydrogen-bond donors (Lipinski definition) is 1. The predicted molar refractivity (Wildman–Crippen MR) is 120 cm³/mol. The maximum absolute atomic E-state index is 13.4. The molecule has 1 fully saturated rings. The second kappa shape index (κ2) is 9.56. The molecule has 168 valence electrons. The number of anilines is 1. The molecular weight excluding hydrogens is 435 g/mol. The number of rotatable bonds is 4. The highest BCUT2D eigenvalue weighted by atomic mass is 35.5. The largest absolute Gasteiger partial charge is 0.465 e. The summed E-state index contributed by atoms with van der Waals surface area (Å²) in [4.78, 5) is 34.3. The first-order chi connectivity index (χ1) is 15.5. The second-order valence-electron chi connectivity index (χ2n) is 7.62. The summed E-state index contributed by atoms with van der Waals surface area (Å²) in [5, 5.41) is 3.46. The summed E-state index contributed by atoms with van der Waals surface area (Å²) in [6, 6.07) is 12.6. The molecule has 2 aliphatic rings. The number of amides is 1. The summed E-state index contributed by atoms with van der Waals surface area (Å²) in [7, 11) is 0. The minimum absolute atomic E-state index is 0.155. The Hall–Kier alpha value is -3.13. The number of guanidine groups is 1. The van der Waals surface area contributed by atoms with Crippen LogP contribution in [-0.2, 0) is 14.3 Å². The third-order valence-electron chi connectivity index (χ3n) is 5.62. The molecule has 2 aromatic rings. The topological polar surface area (TPSA) is 74.2 Å². The monoisotopic (exact) mass is 458 g/mol. The molecule has 2 aromatic carbocycles. The second-order valence-corrected chi connectivity index (χ2v) is 8.06. The van der Waals surface area contributed by atoms with Crippen molar-refractivity contribution < 1.29 is 18.7 Å². The van der Waals surface area contributed by atoms with Gasteiger partial charge in [0.25, 0.3) is 0 Å². The molecule has 1 N–H and O–H groups in total. The minimum atomic E-state index is -1.13. The highest BCUT2D eigenvalue weighted by Gasteiger charge is 2.42. The van der Waals surface area contributed by atoms with Crippen molar-refractivity contribution in [1.82, 2.24) is 10.2 Å². The van der Waals surface area contributed by atoms with E-state index >= 15 is 0 Å². The summed E-state index contributed by atoms with van der Waals surface area (Å²) in [6.45, 7) is 4.59. The van der Waals surface area contributed by atoms with Gasteiger partial charge in [-0.1, -0.05) is 23.7 Å². The number of nitrogens with one attached hydrogen (secondary N) is 1. The first-order valence-electron chi connectivity index (χ1n) is 10.5. The Morgan fingerprint density at radius 3 is 2.34 bits per heavy atom. The molecule has 0 radical (unpaired) electrons. The zero-order valence-electron chi connectivity index (χ0n) is 17.6. The van der Waals surface area contributed by atoms with Crippen LogP contribution in [0.4, 0.5) is 10.1 Å². The van der Waals surface area contributed by atoms with Gasteiger partial charge in [0, 0.05) is 36.9 Å². The number of piperazine rings is 1. The van der Waals surface area contributed by atoms with Crippen molar-refractivity contribution in [2.75, 3.05) is 37.7 Å². The van der Waals surface area contributed by atoms with Crippen molar-refractivity contribution in [3.63, 3.8) is 0 Å². The fraction of sp³-hybridized carbons (Fsp3) is 0.348. The van der Waals surface area contributed by atoms with Crippen molar-refractivity contribution in [2.24, 2.45) is 10.9 Å². The average Bonchev–Trinajstić information content (AvgIpc) is 2.80. The Morgan fingerprint density at radius 2 is 1.72 bits per heavy atom. The molecule has 2 aliphatic heterocycles. The van der Waals surface area contributed by atoms with E-state index in [0.717, 1.165) is 18.8 Å². The molecule has 2 atom stereocenters. The number of hydrogen-bond acceptors (Lipinski definition) is 6. The molecule has 0 spiro atoms. The lowest BCUT2D eigenvalue weighted by molar-refractivity contribution is -0.153. The fourth-order valence-corrected chi connectivity index (χ4v) is 4.08. The van der Waals surface area contributed by atoms with Crippen LogP contribution in [0.5, 0.6) is 0 Å². The van der Waals surface area contributed by atoms with Crippen LogP contribution in [0.25, 0.3) is 0 Å². The van der Waals surface area contributed by atoms with Gasteiger partial charge in [0.15, 0.2) is 5.92 Å². The molecule has 0 aromatic heterocycles. The van der Waals surface area contributed by atoms with Gasteiger partial charge in [-0.15, -0.1) is 0 Å². The van der Waals surface area contributed by atoms with Crippen LogP contribution in [0.2, 0.25) is 5.02 Å². The summed E-state index contributed by atoms with van der Waals surface area (Å²) in [6.07, 6.45) is 0. The standard InChI is InChI=1S/C23H24ClFN4O3/c1-2-32-22(31)19-20(15-3-7-17(25)8-4-15)26-23(27-21(19)30)29-13-11-28(12-14-29)18-9-5-16(24)6-10-18/h3-10,19-20H,2,11-14H2,1H3,(H,26,27,30)/t19-,20-/m0/s1. The highest BCUT2D eigenvalue weighted by molar-refractivity contribution is 6.30. The molecule has 1 saturated heterocycles. The smallest absolute Gasteiger partial charge is 0.321 e. The molecule has 9 heteroatoms. The Kier molecular flexibility index (Phi) is 6.60. The van der Waals surface area contributed by atoms with Crippen LogP contribution >= 0.6 is 11.6 Å². The molecular formula is C23H24ClFN4O3. The molecule has 0 aliphatic carbocycles. The van der Waals surface area contributed by atoms with Gasteiger partial charge in [-0.25, -0.2) is 9.38 Å². The molecule has 7 nitrogen and oxygen atoms in total. The number of ether oxygens (including phenoxy) is 1. The summed E-state index contributed by atoms with van der Waals surface area (Å²) in [5.41, 5.74) is 1.66. The van der Waals surface area contributed by atoms with E-state index in [-0.39, 0.29) is 6.61 Å².